The van der Waals surface area contributed by atoms with Crippen LogP contribution in [0.2, 0.25) is 0 Å². The van der Waals surface area contributed by atoms with Gasteiger partial charge in [0.05, 0.1) is 11.9 Å². The summed E-state index contributed by atoms with van der Waals surface area (Å²) >= 11 is 0. The zero-order chi connectivity index (χ0) is 19.3. The summed E-state index contributed by atoms with van der Waals surface area (Å²) in [7, 11) is -3.58. The molecule has 1 N–H and O–H groups in total. The lowest BCUT2D eigenvalue weighted by Gasteiger charge is -2.23. The van der Waals surface area contributed by atoms with Gasteiger partial charge in [0.1, 0.15) is 6.54 Å². The first-order chi connectivity index (χ1) is 12.2. The molecular weight excluding hydrogens is 348 g/mol. The maximum absolute atomic E-state index is 12.4. The average Bonchev–Trinajstić information content (AvgIpc) is 2.59. The van der Waals surface area contributed by atoms with Crippen LogP contribution < -0.4 is 9.62 Å². The van der Waals surface area contributed by atoms with Crippen molar-refractivity contribution in [2.24, 2.45) is 0 Å². The normalized spacial score (nSPS) is 12.5. The van der Waals surface area contributed by atoms with Crippen molar-refractivity contribution < 1.29 is 13.2 Å². The molecule has 0 aliphatic heterocycles. The number of para-hydroxylation sites is 1. The highest BCUT2D eigenvalue weighted by Gasteiger charge is 2.22. The van der Waals surface area contributed by atoms with Crippen LogP contribution in [0.1, 0.15) is 37.3 Å². The van der Waals surface area contributed by atoms with Crippen molar-refractivity contribution >= 4 is 27.3 Å². The number of hydrogen-bond donors (Lipinski definition) is 1. The number of amides is 1. The highest BCUT2D eigenvalue weighted by molar-refractivity contribution is 7.92. The Morgan fingerprint density at radius 3 is 2.27 bits per heavy atom. The second kappa shape index (κ2) is 8.36. The van der Waals surface area contributed by atoms with Crippen molar-refractivity contribution in [1.82, 2.24) is 0 Å². The Bertz CT molecular complexity index is 861. The second-order valence-corrected chi connectivity index (χ2v) is 8.44. The van der Waals surface area contributed by atoms with Crippen molar-refractivity contribution in [3.63, 3.8) is 0 Å². The molecule has 1 unspecified atom stereocenters. The Hall–Kier alpha value is -2.34. The van der Waals surface area contributed by atoms with Gasteiger partial charge in [-0.3, -0.25) is 9.10 Å². The first kappa shape index (κ1) is 20.0. The molecule has 6 heteroatoms. The predicted molar refractivity (Wildman–Crippen MR) is 107 cm³/mol. The lowest BCUT2D eigenvalue weighted by Crippen LogP contribution is -2.37. The largest absolute Gasteiger partial charge is 0.325 e. The molecule has 2 aromatic carbocycles. The molecule has 0 saturated heterocycles. The zero-order valence-electron chi connectivity index (χ0n) is 15.7. The Balaban J connectivity index is 2.14. The molecule has 0 aromatic heterocycles. The molecule has 1 atom stereocenters. The summed E-state index contributed by atoms with van der Waals surface area (Å²) in [6.07, 6.45) is 2.15. The fourth-order valence-electron chi connectivity index (χ4n) is 2.69. The Morgan fingerprint density at radius 2 is 1.73 bits per heavy atom. The number of rotatable bonds is 7. The molecule has 1 amide bonds. The number of hydrogen-bond acceptors (Lipinski definition) is 3. The van der Waals surface area contributed by atoms with Gasteiger partial charge in [0.2, 0.25) is 15.9 Å². The van der Waals surface area contributed by atoms with Gasteiger partial charge in [0.25, 0.3) is 0 Å². The molecule has 0 fully saturated rings. The van der Waals surface area contributed by atoms with Gasteiger partial charge in [-0.15, -0.1) is 0 Å². The molecular formula is C20H26N2O3S. The van der Waals surface area contributed by atoms with E-state index in [1.54, 1.807) is 12.1 Å². The molecule has 0 saturated carbocycles. The molecule has 140 valence electrons. The van der Waals surface area contributed by atoms with Crippen LogP contribution in [-0.2, 0) is 14.8 Å². The molecule has 0 heterocycles. The average molecular weight is 375 g/mol. The third kappa shape index (κ3) is 5.08. The van der Waals surface area contributed by atoms with Crippen LogP contribution in [0.15, 0.2) is 48.5 Å². The van der Waals surface area contributed by atoms with Gasteiger partial charge in [-0.2, -0.15) is 0 Å². The van der Waals surface area contributed by atoms with Crippen molar-refractivity contribution in [2.75, 3.05) is 22.4 Å². The Labute approximate surface area is 156 Å². The van der Waals surface area contributed by atoms with Crippen LogP contribution in [0, 0.1) is 6.92 Å². The number of carbonyl (C=O) groups excluding carboxylic acids is 1. The zero-order valence-corrected chi connectivity index (χ0v) is 16.5. The molecule has 0 radical (unpaired) electrons. The van der Waals surface area contributed by atoms with E-state index >= 15 is 0 Å². The van der Waals surface area contributed by atoms with Crippen molar-refractivity contribution in [3.8, 4) is 0 Å². The van der Waals surface area contributed by atoms with Crippen LogP contribution in [-0.4, -0.2) is 27.1 Å². The molecule has 26 heavy (non-hydrogen) atoms. The van der Waals surface area contributed by atoms with Crippen LogP contribution in [0.25, 0.3) is 0 Å². The molecule has 2 aromatic rings. The summed E-state index contributed by atoms with van der Waals surface area (Å²) in [5.41, 5.74) is 3.17. The number of aryl methyl sites for hydroxylation is 1. The molecule has 0 bridgehead atoms. The Morgan fingerprint density at radius 1 is 1.12 bits per heavy atom. The number of nitrogens with zero attached hydrogens (tertiary/aromatic N) is 1. The molecule has 0 aliphatic carbocycles. The maximum atomic E-state index is 12.4. The molecule has 0 aliphatic rings. The minimum absolute atomic E-state index is 0.267. The summed E-state index contributed by atoms with van der Waals surface area (Å²) in [5, 5.41) is 2.77. The maximum Gasteiger partial charge on any atom is 0.245 e. The van der Waals surface area contributed by atoms with E-state index in [1.807, 2.05) is 43.3 Å². The molecule has 2 rings (SSSR count). The Kier molecular flexibility index (Phi) is 6.42. The SMILES string of the molecule is CCC(C)c1ccc(NC(=O)CN(c2ccccc2C)S(C)(=O)=O)cc1. The third-order valence-electron chi connectivity index (χ3n) is 4.45. The highest BCUT2D eigenvalue weighted by atomic mass is 32.2. The van der Waals surface area contributed by atoms with Gasteiger partial charge in [0.15, 0.2) is 0 Å². The van der Waals surface area contributed by atoms with Crippen LogP contribution in [0.4, 0.5) is 11.4 Å². The van der Waals surface area contributed by atoms with Crippen molar-refractivity contribution in [3.05, 3.63) is 59.7 Å². The van der Waals surface area contributed by atoms with E-state index in [-0.39, 0.29) is 12.5 Å². The van der Waals surface area contributed by atoms with Gasteiger partial charge in [-0.05, 0) is 48.6 Å². The van der Waals surface area contributed by atoms with Gasteiger partial charge >= 0.3 is 0 Å². The first-order valence-electron chi connectivity index (χ1n) is 8.65. The summed E-state index contributed by atoms with van der Waals surface area (Å²) in [5.74, 6) is 0.0801. The van der Waals surface area contributed by atoms with E-state index in [4.69, 9.17) is 0 Å². The lowest BCUT2D eigenvalue weighted by atomic mass is 9.99. The standard InChI is InChI=1S/C20H26N2O3S/c1-5-15(2)17-10-12-18(13-11-17)21-20(23)14-22(26(4,24)25)19-9-7-6-8-16(19)3/h6-13,15H,5,14H2,1-4H3,(H,21,23). The van der Waals surface area contributed by atoms with Crippen molar-refractivity contribution in [2.45, 2.75) is 33.1 Å². The van der Waals surface area contributed by atoms with Gasteiger partial charge < -0.3 is 5.32 Å². The predicted octanol–water partition coefficient (Wildman–Crippen LogP) is 3.91. The van der Waals surface area contributed by atoms with E-state index in [0.29, 0.717) is 17.3 Å². The van der Waals surface area contributed by atoms with Crippen LogP contribution >= 0.6 is 0 Å². The van der Waals surface area contributed by atoms with Gasteiger partial charge in [-0.1, -0.05) is 44.2 Å². The summed E-state index contributed by atoms with van der Waals surface area (Å²) in [6.45, 7) is 5.83. The number of sulfonamides is 1. The fraction of sp³-hybridized carbons (Fsp3) is 0.350. The summed E-state index contributed by atoms with van der Waals surface area (Å²) in [6, 6.07) is 14.8. The van der Waals surface area contributed by atoms with Gasteiger partial charge in [0, 0.05) is 5.69 Å². The monoisotopic (exact) mass is 374 g/mol. The van der Waals surface area contributed by atoms with E-state index in [0.717, 1.165) is 22.5 Å². The van der Waals surface area contributed by atoms with E-state index in [1.165, 1.54) is 5.56 Å². The summed E-state index contributed by atoms with van der Waals surface area (Å²) in [4.78, 5) is 12.4. The van der Waals surface area contributed by atoms with Gasteiger partial charge in [-0.25, -0.2) is 8.42 Å². The lowest BCUT2D eigenvalue weighted by molar-refractivity contribution is -0.114. The minimum atomic E-state index is -3.58. The number of nitrogens with one attached hydrogen (secondary N) is 1. The highest BCUT2D eigenvalue weighted by Crippen LogP contribution is 2.23. The van der Waals surface area contributed by atoms with Crippen molar-refractivity contribution in [1.29, 1.82) is 0 Å². The minimum Gasteiger partial charge on any atom is -0.325 e. The number of benzene rings is 2. The van der Waals surface area contributed by atoms with E-state index in [2.05, 4.69) is 19.2 Å². The topological polar surface area (TPSA) is 66.5 Å². The number of anilines is 2. The van der Waals surface area contributed by atoms with Crippen LogP contribution in [0.5, 0.6) is 0 Å². The molecule has 0 spiro atoms. The van der Waals surface area contributed by atoms with E-state index < -0.39 is 10.0 Å². The van der Waals surface area contributed by atoms with Crippen LogP contribution in [0.3, 0.4) is 0 Å². The smallest absolute Gasteiger partial charge is 0.245 e. The number of carbonyl (C=O) groups is 1. The fourth-order valence-corrected chi connectivity index (χ4v) is 3.60. The summed E-state index contributed by atoms with van der Waals surface area (Å²) < 4.78 is 25.5. The third-order valence-corrected chi connectivity index (χ3v) is 5.57. The quantitative estimate of drug-likeness (QED) is 0.799. The van der Waals surface area contributed by atoms with E-state index in [9.17, 15) is 13.2 Å². The second-order valence-electron chi connectivity index (χ2n) is 6.54. The first-order valence-corrected chi connectivity index (χ1v) is 10.5. The molecule has 5 nitrogen and oxygen atoms in total.